The monoisotopic (exact) mass is 625 g/mol. The summed E-state index contributed by atoms with van der Waals surface area (Å²) in [6.07, 6.45) is 2.79. The Morgan fingerprint density at radius 2 is 1.93 bits per heavy atom. The van der Waals surface area contributed by atoms with E-state index in [2.05, 4.69) is 27.0 Å². The van der Waals surface area contributed by atoms with Gasteiger partial charge in [-0.1, -0.05) is 44.2 Å². The van der Waals surface area contributed by atoms with Crippen LogP contribution in [0.25, 0.3) is 11.4 Å². The molecule has 0 aliphatic carbocycles. The van der Waals surface area contributed by atoms with Gasteiger partial charge in [-0.05, 0) is 31.7 Å². The molecule has 0 bridgehead atoms. The largest absolute Gasteiger partial charge is 0.493 e. The Morgan fingerprint density at radius 1 is 1.23 bits per heavy atom. The number of nitrogens with one attached hydrogen (secondary N) is 1. The molecule has 2 unspecified atom stereocenters. The van der Waals surface area contributed by atoms with Crippen molar-refractivity contribution >= 4 is 19.3 Å². The Balaban J connectivity index is 0.000000439. The van der Waals surface area contributed by atoms with Crippen molar-refractivity contribution in [1.82, 2.24) is 20.4 Å². The molecule has 1 aromatic heterocycles. The van der Waals surface area contributed by atoms with Gasteiger partial charge in [0.2, 0.25) is 11.7 Å². The van der Waals surface area contributed by atoms with Gasteiger partial charge in [0, 0.05) is 18.5 Å². The number of carbonyl (C=O) groups is 1. The van der Waals surface area contributed by atoms with Gasteiger partial charge in [0.25, 0.3) is 0 Å². The summed E-state index contributed by atoms with van der Waals surface area (Å²) >= 11 is 0. The fraction of sp³-hybridized carbons (Fsp3) is 0.621. The molecule has 15 heteroatoms. The van der Waals surface area contributed by atoms with Crippen LogP contribution >= 0.6 is 0 Å². The maximum Gasteiger partial charge on any atom is 0.419 e. The third-order valence-corrected chi connectivity index (χ3v) is 6.31. The van der Waals surface area contributed by atoms with Crippen LogP contribution in [0.15, 0.2) is 22.7 Å². The minimum Gasteiger partial charge on any atom is -0.493 e. The van der Waals surface area contributed by atoms with Gasteiger partial charge in [0.05, 0.1) is 18.2 Å². The summed E-state index contributed by atoms with van der Waals surface area (Å²) in [6, 6.07) is 3.38. The molecule has 242 valence electrons. The minimum absolute atomic E-state index is 0.0404. The summed E-state index contributed by atoms with van der Waals surface area (Å²) in [5.41, 5.74) is -1.23. The predicted molar refractivity (Wildman–Crippen MR) is 156 cm³/mol. The zero-order valence-corrected chi connectivity index (χ0v) is 25.7. The van der Waals surface area contributed by atoms with Gasteiger partial charge in [-0.25, -0.2) is 4.39 Å². The number of benzene rings is 1. The number of unbranched alkanes of at least 4 members (excludes halogenated alkanes) is 5. The molecule has 3 rings (SSSR count). The first kappa shape index (κ1) is 36.5. The molecular weight excluding hydrogens is 585 g/mol. The summed E-state index contributed by atoms with van der Waals surface area (Å²) < 4.78 is 74.1. The number of alkyl halides is 4. The van der Waals surface area contributed by atoms with Crippen molar-refractivity contribution in [2.75, 3.05) is 20.2 Å². The van der Waals surface area contributed by atoms with Crippen molar-refractivity contribution in [1.29, 1.82) is 5.26 Å². The van der Waals surface area contributed by atoms with Crippen LogP contribution in [0.5, 0.6) is 5.75 Å². The molecule has 2 heterocycles. The molecule has 1 aliphatic heterocycles. The average Bonchev–Trinajstić information content (AvgIpc) is 3.55. The Hall–Kier alpha value is -3.67. The number of hydrogen-bond donors (Lipinski definition) is 1. The molecule has 2 atom stereocenters. The molecular formula is C29H40BF4N5O5. The SMILES string of the molecule is CC(C)(C)OC(=O)NC=BOC#N.CCCCCCCCOc1ccc(-c2noc(C3CC(F)CN3C)n2)cc1C(F)(F)F. The molecule has 2 aromatic rings. The van der Waals surface area contributed by atoms with E-state index >= 15 is 0 Å². The Kier molecular flexibility index (Phi) is 14.6. The van der Waals surface area contributed by atoms with Gasteiger partial charge in [0.15, 0.2) is 0 Å². The Labute approximate surface area is 256 Å². The van der Waals surface area contributed by atoms with Crippen LogP contribution in [-0.2, 0) is 15.6 Å². The van der Waals surface area contributed by atoms with E-state index in [1.807, 2.05) is 0 Å². The summed E-state index contributed by atoms with van der Waals surface area (Å²) in [5.74, 6) is 0.0395. The number of nitrogens with zero attached hydrogens (tertiary/aromatic N) is 4. The van der Waals surface area contributed by atoms with Gasteiger partial charge >= 0.3 is 82.9 Å². The summed E-state index contributed by atoms with van der Waals surface area (Å²) in [4.78, 5) is 16.9. The van der Waals surface area contributed by atoms with E-state index in [-0.39, 0.29) is 48.6 Å². The first-order valence-electron chi connectivity index (χ1n) is 14.5. The maximum absolute atomic E-state index is 13.6. The number of rotatable bonds is 12. The molecule has 1 N–H and O–H groups in total. The zero-order chi connectivity index (χ0) is 32.8. The third-order valence-electron chi connectivity index (χ3n) is 6.31. The van der Waals surface area contributed by atoms with E-state index in [0.717, 1.165) is 38.9 Å². The van der Waals surface area contributed by atoms with Crippen LogP contribution in [0.3, 0.4) is 0 Å². The van der Waals surface area contributed by atoms with Crippen molar-refractivity contribution in [2.24, 2.45) is 0 Å². The molecule has 1 aliphatic rings. The van der Waals surface area contributed by atoms with Crippen LogP contribution in [0.4, 0.5) is 22.4 Å². The molecule has 1 saturated heterocycles. The van der Waals surface area contributed by atoms with E-state index in [4.69, 9.17) is 19.3 Å². The number of amides is 1. The standard InChI is InChI=1S/C22H29F4N3O2.C7H11BN2O3/c1-3-4-5-6-7-8-11-30-19-10-9-15(12-17(19)22(24,25)26)20-27-21(31-28-20)18-13-16(23)14-29(18)2;1-7(2,3)13-6(11)10-4-8-12-5-9/h9-10,12,16,18H,3-8,11,13-14H2,1-2H3;4H,1-3H3,(H,10,11). The first-order chi connectivity index (χ1) is 20.7. The Morgan fingerprint density at radius 3 is 2.55 bits per heavy atom. The number of aromatic nitrogens is 2. The van der Waals surface area contributed by atoms with Crippen LogP contribution < -0.4 is 10.1 Å². The van der Waals surface area contributed by atoms with Crippen LogP contribution in [-0.4, -0.2) is 66.3 Å². The number of carbonyl (C=O) groups excluding carboxylic acids is 1. The van der Waals surface area contributed by atoms with Gasteiger partial charge in [0.1, 0.15) is 11.9 Å². The fourth-order valence-electron chi connectivity index (χ4n) is 4.27. The zero-order valence-electron chi connectivity index (χ0n) is 25.7. The number of likely N-dealkylation sites (tertiary alicyclic amines) is 1. The smallest absolute Gasteiger partial charge is 0.419 e. The quantitative estimate of drug-likeness (QED) is 0.120. The van der Waals surface area contributed by atoms with E-state index in [1.165, 1.54) is 30.9 Å². The molecule has 1 aromatic carbocycles. The van der Waals surface area contributed by atoms with E-state index < -0.39 is 29.6 Å². The number of alkyl carbamates (subject to hydrolysis) is 1. The second kappa shape index (κ2) is 17.6. The van der Waals surface area contributed by atoms with Crippen molar-refractivity contribution < 1.29 is 41.0 Å². The maximum atomic E-state index is 13.6. The summed E-state index contributed by atoms with van der Waals surface area (Å²) in [5, 5.41) is 14.0. The topological polar surface area (TPSA) is 123 Å². The fourth-order valence-corrected chi connectivity index (χ4v) is 4.27. The second-order valence-corrected chi connectivity index (χ2v) is 11.2. The molecule has 0 saturated carbocycles. The normalized spacial score (nSPS) is 16.9. The van der Waals surface area contributed by atoms with Crippen molar-refractivity contribution in [3.63, 3.8) is 0 Å². The summed E-state index contributed by atoms with van der Waals surface area (Å²) in [6.45, 7) is 7.88. The minimum atomic E-state index is -4.58. The van der Waals surface area contributed by atoms with Crippen LogP contribution in [0.1, 0.15) is 90.1 Å². The predicted octanol–water partition coefficient (Wildman–Crippen LogP) is 6.60. The van der Waals surface area contributed by atoms with E-state index in [9.17, 15) is 22.4 Å². The van der Waals surface area contributed by atoms with E-state index in [0.29, 0.717) is 6.42 Å². The van der Waals surface area contributed by atoms with Crippen molar-refractivity contribution in [3.05, 3.63) is 29.7 Å². The molecule has 1 amide bonds. The number of hydrogen-bond acceptors (Lipinski definition) is 9. The number of halogens is 4. The van der Waals surface area contributed by atoms with E-state index in [1.54, 1.807) is 32.7 Å². The van der Waals surface area contributed by atoms with Gasteiger partial charge in [-0.3, -0.25) is 4.90 Å². The molecule has 1 fully saturated rings. The van der Waals surface area contributed by atoms with Crippen molar-refractivity contribution in [3.8, 4) is 23.4 Å². The number of ether oxygens (including phenoxy) is 2. The van der Waals surface area contributed by atoms with Crippen LogP contribution in [0, 0.1) is 11.5 Å². The van der Waals surface area contributed by atoms with Gasteiger partial charge < -0.3 is 9.26 Å². The average molecular weight is 625 g/mol. The molecule has 0 spiro atoms. The first-order valence-corrected chi connectivity index (χ1v) is 14.5. The van der Waals surface area contributed by atoms with Gasteiger partial charge in [-0.15, -0.1) is 0 Å². The molecule has 44 heavy (non-hydrogen) atoms. The molecule has 10 nitrogen and oxygen atoms in total. The molecule has 0 radical (unpaired) electrons. The second-order valence-electron chi connectivity index (χ2n) is 11.2. The number of nitriles is 1. The van der Waals surface area contributed by atoms with Crippen molar-refractivity contribution in [2.45, 2.75) is 96.6 Å². The summed E-state index contributed by atoms with van der Waals surface area (Å²) in [7, 11) is 2.79. The van der Waals surface area contributed by atoms with Gasteiger partial charge in [-0.2, -0.15) is 18.2 Å². The van der Waals surface area contributed by atoms with Crippen LogP contribution in [0.2, 0.25) is 0 Å². The third kappa shape index (κ3) is 12.9. The Bertz CT molecular complexity index is 1250.